The van der Waals surface area contributed by atoms with E-state index in [0.717, 1.165) is 30.7 Å². The average Bonchev–Trinajstić information content (AvgIpc) is 3.24. The molecule has 1 spiro atoms. The SMILES string of the molecule is CCCCc1ccc2cc3c(cc2c1)C1(CCC3=O)CC2=CCC1C2. The van der Waals surface area contributed by atoms with Gasteiger partial charge in [0.05, 0.1) is 0 Å². The van der Waals surface area contributed by atoms with Gasteiger partial charge in [0.2, 0.25) is 0 Å². The topological polar surface area (TPSA) is 17.1 Å². The number of carbonyl (C=O) groups excluding carboxylic acids is 1. The van der Waals surface area contributed by atoms with Crippen molar-refractivity contribution in [1.29, 1.82) is 0 Å². The van der Waals surface area contributed by atoms with Gasteiger partial charge in [-0.3, -0.25) is 4.79 Å². The molecule has 2 bridgehead atoms. The van der Waals surface area contributed by atoms with E-state index in [4.69, 9.17) is 0 Å². The van der Waals surface area contributed by atoms with Crippen molar-refractivity contribution in [1.82, 2.24) is 0 Å². The molecule has 128 valence electrons. The fourth-order valence-electron chi connectivity index (χ4n) is 5.65. The van der Waals surface area contributed by atoms with Gasteiger partial charge in [-0.05, 0) is 78.5 Å². The number of hydrogen-bond acceptors (Lipinski definition) is 1. The molecule has 0 amide bonds. The maximum atomic E-state index is 12.7. The highest BCUT2D eigenvalue weighted by Crippen LogP contribution is 2.58. The summed E-state index contributed by atoms with van der Waals surface area (Å²) < 4.78 is 0. The molecule has 0 aromatic heterocycles. The van der Waals surface area contributed by atoms with Gasteiger partial charge in [0.25, 0.3) is 0 Å². The number of rotatable bonds is 3. The van der Waals surface area contributed by atoms with Gasteiger partial charge < -0.3 is 0 Å². The van der Waals surface area contributed by atoms with E-state index in [1.807, 2.05) is 0 Å². The van der Waals surface area contributed by atoms with Gasteiger partial charge >= 0.3 is 0 Å². The second kappa shape index (κ2) is 5.56. The number of ketones is 1. The third-order valence-corrected chi connectivity index (χ3v) is 7.02. The summed E-state index contributed by atoms with van der Waals surface area (Å²) in [7, 11) is 0. The third-order valence-electron chi connectivity index (χ3n) is 7.02. The van der Waals surface area contributed by atoms with Gasteiger partial charge in [0.15, 0.2) is 5.78 Å². The number of unbranched alkanes of at least 4 members (excludes halogenated alkanes) is 1. The summed E-state index contributed by atoms with van der Waals surface area (Å²) in [6, 6.07) is 11.4. The van der Waals surface area contributed by atoms with E-state index >= 15 is 0 Å². The fraction of sp³-hybridized carbons (Fsp3) is 0.458. The lowest BCUT2D eigenvalue weighted by Gasteiger charge is -2.41. The summed E-state index contributed by atoms with van der Waals surface area (Å²) >= 11 is 0. The van der Waals surface area contributed by atoms with Gasteiger partial charge in [0, 0.05) is 17.4 Å². The lowest BCUT2D eigenvalue weighted by atomic mass is 9.62. The van der Waals surface area contributed by atoms with Crippen molar-refractivity contribution in [2.24, 2.45) is 5.92 Å². The Bertz CT molecular complexity index is 904. The van der Waals surface area contributed by atoms with Crippen molar-refractivity contribution >= 4 is 16.6 Å². The summed E-state index contributed by atoms with van der Waals surface area (Å²) in [4.78, 5) is 12.7. The lowest BCUT2D eigenvalue weighted by molar-refractivity contribution is 0.0940. The van der Waals surface area contributed by atoms with Crippen LogP contribution in [0.25, 0.3) is 10.8 Å². The van der Waals surface area contributed by atoms with Crippen LogP contribution in [0.5, 0.6) is 0 Å². The number of fused-ring (bicyclic) bond motifs is 6. The smallest absolute Gasteiger partial charge is 0.163 e. The summed E-state index contributed by atoms with van der Waals surface area (Å²) in [5.74, 6) is 1.09. The first-order chi connectivity index (χ1) is 12.2. The van der Waals surface area contributed by atoms with Crippen molar-refractivity contribution in [3.63, 3.8) is 0 Å². The number of allylic oxidation sites excluding steroid dienone is 2. The summed E-state index contributed by atoms with van der Waals surface area (Å²) in [5, 5.41) is 2.56. The molecule has 1 nitrogen and oxygen atoms in total. The lowest BCUT2D eigenvalue weighted by Crippen LogP contribution is -2.37. The van der Waals surface area contributed by atoms with E-state index in [-0.39, 0.29) is 5.41 Å². The zero-order valence-electron chi connectivity index (χ0n) is 15.1. The van der Waals surface area contributed by atoms with E-state index in [9.17, 15) is 4.79 Å². The molecule has 3 aliphatic carbocycles. The van der Waals surface area contributed by atoms with E-state index in [1.54, 1.807) is 5.57 Å². The van der Waals surface area contributed by atoms with Crippen LogP contribution in [0.1, 0.15) is 73.4 Å². The number of benzene rings is 2. The third kappa shape index (κ3) is 2.25. The number of aryl methyl sites for hydroxylation is 1. The van der Waals surface area contributed by atoms with Crippen LogP contribution in [0.2, 0.25) is 0 Å². The largest absolute Gasteiger partial charge is 0.294 e. The zero-order chi connectivity index (χ0) is 17.0. The van der Waals surface area contributed by atoms with Crippen LogP contribution in [-0.4, -0.2) is 5.78 Å². The Hall–Kier alpha value is -1.89. The molecule has 3 aliphatic rings. The monoisotopic (exact) mass is 330 g/mol. The van der Waals surface area contributed by atoms with Gasteiger partial charge in [-0.15, -0.1) is 0 Å². The highest BCUT2D eigenvalue weighted by Gasteiger charge is 2.51. The summed E-state index contributed by atoms with van der Waals surface area (Å²) in [5.41, 5.74) is 5.72. The Labute approximate surface area is 150 Å². The molecule has 1 heteroatoms. The van der Waals surface area contributed by atoms with Crippen LogP contribution in [-0.2, 0) is 11.8 Å². The molecule has 1 fully saturated rings. The van der Waals surface area contributed by atoms with Crippen molar-refractivity contribution in [3.05, 3.63) is 58.7 Å². The highest BCUT2D eigenvalue weighted by molar-refractivity contribution is 6.03. The van der Waals surface area contributed by atoms with Crippen molar-refractivity contribution < 1.29 is 4.79 Å². The first-order valence-electron chi connectivity index (χ1n) is 9.98. The van der Waals surface area contributed by atoms with Gasteiger partial charge in [-0.2, -0.15) is 0 Å². The minimum Gasteiger partial charge on any atom is -0.294 e. The van der Waals surface area contributed by atoms with Crippen molar-refractivity contribution in [3.8, 4) is 0 Å². The maximum Gasteiger partial charge on any atom is 0.163 e. The quantitative estimate of drug-likeness (QED) is 0.618. The average molecular weight is 330 g/mol. The molecule has 1 saturated carbocycles. The molecule has 25 heavy (non-hydrogen) atoms. The second-order valence-electron chi connectivity index (χ2n) is 8.44. The Kier molecular flexibility index (Phi) is 3.42. The summed E-state index contributed by atoms with van der Waals surface area (Å²) in [6.07, 6.45) is 11.6. The summed E-state index contributed by atoms with van der Waals surface area (Å²) in [6.45, 7) is 2.25. The number of hydrogen-bond donors (Lipinski definition) is 0. The Balaban J connectivity index is 1.66. The standard InChI is InChI=1S/C24H26O/c1-2-3-4-16-5-7-18-13-21-22(14-19(18)11-16)24(10-9-23(21)25)15-17-6-8-20(24)12-17/h5-7,11,13-14,20H,2-4,8-10,12,15H2,1H3. The van der Waals surface area contributed by atoms with E-state index < -0.39 is 0 Å². The molecule has 0 aliphatic heterocycles. The highest BCUT2D eigenvalue weighted by atomic mass is 16.1. The fourth-order valence-corrected chi connectivity index (χ4v) is 5.65. The molecule has 2 atom stereocenters. The Morgan fingerprint density at radius 2 is 2.08 bits per heavy atom. The minimum absolute atomic E-state index is 0.251. The predicted molar refractivity (Wildman–Crippen MR) is 103 cm³/mol. The Morgan fingerprint density at radius 1 is 1.16 bits per heavy atom. The molecule has 2 unspecified atom stereocenters. The Morgan fingerprint density at radius 3 is 2.84 bits per heavy atom. The van der Waals surface area contributed by atoms with E-state index in [2.05, 4.69) is 43.3 Å². The molecule has 5 rings (SSSR count). The van der Waals surface area contributed by atoms with Gasteiger partial charge in [0.1, 0.15) is 0 Å². The van der Waals surface area contributed by atoms with Crippen molar-refractivity contribution in [2.45, 2.75) is 63.7 Å². The second-order valence-corrected chi connectivity index (χ2v) is 8.44. The molecule has 0 heterocycles. The van der Waals surface area contributed by atoms with Crippen LogP contribution in [0.15, 0.2) is 42.0 Å². The minimum atomic E-state index is 0.251. The molecular weight excluding hydrogens is 304 g/mol. The number of carbonyl (C=O) groups is 1. The molecule has 2 aromatic rings. The molecule has 2 aromatic carbocycles. The van der Waals surface area contributed by atoms with Crippen molar-refractivity contribution in [2.75, 3.05) is 0 Å². The first kappa shape index (κ1) is 15.4. The molecular formula is C24H26O. The number of Topliss-reactive ketones (excluding diaryl/α,β-unsaturated/α-hetero) is 1. The van der Waals surface area contributed by atoms with Crippen LogP contribution in [0, 0.1) is 5.92 Å². The van der Waals surface area contributed by atoms with E-state index in [0.29, 0.717) is 5.78 Å². The molecule has 0 radical (unpaired) electrons. The molecule has 0 saturated heterocycles. The first-order valence-corrected chi connectivity index (χ1v) is 9.98. The van der Waals surface area contributed by atoms with Crippen LogP contribution < -0.4 is 0 Å². The van der Waals surface area contributed by atoms with Gasteiger partial charge in [-0.1, -0.05) is 43.2 Å². The maximum absolute atomic E-state index is 12.7. The predicted octanol–water partition coefficient (Wildman–Crippen LogP) is 6.14. The normalized spacial score (nSPS) is 27.2. The zero-order valence-corrected chi connectivity index (χ0v) is 15.1. The van der Waals surface area contributed by atoms with Crippen LogP contribution in [0.3, 0.4) is 0 Å². The van der Waals surface area contributed by atoms with E-state index in [1.165, 1.54) is 54.0 Å². The van der Waals surface area contributed by atoms with Crippen LogP contribution >= 0.6 is 0 Å². The van der Waals surface area contributed by atoms with Gasteiger partial charge in [-0.25, -0.2) is 0 Å². The van der Waals surface area contributed by atoms with Crippen LogP contribution in [0.4, 0.5) is 0 Å². The molecule has 0 N–H and O–H groups in total.